The summed E-state index contributed by atoms with van der Waals surface area (Å²) in [6.45, 7) is 0. The van der Waals surface area contributed by atoms with Crippen molar-refractivity contribution in [3.63, 3.8) is 0 Å². The number of nitrogens with one attached hydrogen (secondary N) is 1. The van der Waals surface area contributed by atoms with Gasteiger partial charge in [-0.25, -0.2) is 0 Å². The van der Waals surface area contributed by atoms with Gasteiger partial charge in [-0.1, -0.05) is 51.0 Å². The molecule has 0 atom stereocenters. The summed E-state index contributed by atoms with van der Waals surface area (Å²) in [6, 6.07) is 15.3. The first kappa shape index (κ1) is 14.6. The number of benzene rings is 2. The quantitative estimate of drug-likeness (QED) is 0.519. The van der Waals surface area contributed by atoms with E-state index in [1.54, 1.807) is 4.52 Å². The van der Waals surface area contributed by atoms with Crippen LogP contribution in [0.1, 0.15) is 0 Å². The van der Waals surface area contributed by atoms with Crippen molar-refractivity contribution < 1.29 is 0 Å². The summed E-state index contributed by atoms with van der Waals surface area (Å²) >= 11 is 10.9. The Morgan fingerprint density at radius 1 is 1.04 bits per heavy atom. The van der Waals surface area contributed by atoms with E-state index < -0.39 is 0 Å². The lowest BCUT2D eigenvalue weighted by molar-refractivity contribution is 0.969. The minimum absolute atomic E-state index is 0.699. The molecule has 2 aromatic carbocycles. The zero-order valence-electron chi connectivity index (χ0n) is 11.6. The Balaban J connectivity index is 1.72. The van der Waals surface area contributed by atoms with Crippen LogP contribution in [0.2, 0.25) is 5.02 Å². The van der Waals surface area contributed by atoms with E-state index in [4.69, 9.17) is 11.6 Å². The molecule has 2 aromatic heterocycles. The van der Waals surface area contributed by atoms with Gasteiger partial charge in [0, 0.05) is 20.7 Å². The zero-order valence-corrected chi connectivity index (χ0v) is 14.7. The minimum Gasteiger partial charge on any atom is -0.330 e. The molecule has 0 saturated heterocycles. The zero-order chi connectivity index (χ0) is 15.8. The molecule has 0 aliphatic rings. The van der Waals surface area contributed by atoms with Crippen LogP contribution in [0.5, 0.6) is 0 Å². The van der Waals surface area contributed by atoms with E-state index >= 15 is 0 Å². The molecule has 114 valence electrons. The number of aromatic nitrogens is 4. The van der Waals surface area contributed by atoms with Gasteiger partial charge in [-0.2, -0.15) is 4.52 Å². The van der Waals surface area contributed by atoms with Crippen molar-refractivity contribution >= 4 is 54.6 Å². The van der Waals surface area contributed by atoms with Crippen molar-refractivity contribution in [2.24, 2.45) is 0 Å². The van der Waals surface area contributed by atoms with Gasteiger partial charge in [0.1, 0.15) is 0 Å². The summed E-state index contributed by atoms with van der Waals surface area (Å²) < 4.78 is 2.69. The molecule has 0 radical (unpaired) electrons. The highest BCUT2D eigenvalue weighted by Gasteiger charge is 2.15. The van der Waals surface area contributed by atoms with Crippen LogP contribution < -0.4 is 5.32 Å². The molecule has 0 unspecified atom stereocenters. The largest absolute Gasteiger partial charge is 0.330 e. The fourth-order valence-electron chi connectivity index (χ4n) is 2.13. The van der Waals surface area contributed by atoms with Crippen molar-refractivity contribution in [2.45, 2.75) is 0 Å². The molecule has 0 aliphatic heterocycles. The van der Waals surface area contributed by atoms with Gasteiger partial charge in [0.15, 0.2) is 5.82 Å². The summed E-state index contributed by atoms with van der Waals surface area (Å²) in [5.41, 5.74) is 1.87. The molecule has 0 fully saturated rings. The Morgan fingerprint density at radius 3 is 2.61 bits per heavy atom. The number of rotatable bonds is 3. The van der Waals surface area contributed by atoms with Crippen LogP contribution >= 0.6 is 38.9 Å². The Kier molecular flexibility index (Phi) is 3.76. The molecule has 2 heterocycles. The van der Waals surface area contributed by atoms with Gasteiger partial charge in [0.05, 0.1) is 0 Å². The van der Waals surface area contributed by atoms with E-state index in [0.29, 0.717) is 10.8 Å². The third kappa shape index (κ3) is 2.83. The van der Waals surface area contributed by atoms with Crippen molar-refractivity contribution in [1.82, 2.24) is 19.8 Å². The highest BCUT2D eigenvalue weighted by molar-refractivity contribution is 9.10. The van der Waals surface area contributed by atoms with Crippen molar-refractivity contribution in [1.29, 1.82) is 0 Å². The first-order chi connectivity index (χ1) is 11.2. The van der Waals surface area contributed by atoms with E-state index in [1.165, 1.54) is 11.3 Å². The number of anilines is 2. The average molecular weight is 407 g/mol. The minimum atomic E-state index is 0.699. The summed E-state index contributed by atoms with van der Waals surface area (Å²) in [4.78, 5) is 0.729. The maximum Gasteiger partial charge on any atom is 0.236 e. The maximum atomic E-state index is 5.90. The molecule has 4 rings (SSSR count). The predicted octanol–water partition coefficient (Wildman–Crippen LogP) is 5.01. The Hall–Kier alpha value is -1.96. The highest BCUT2D eigenvalue weighted by Crippen LogP contribution is 2.30. The van der Waals surface area contributed by atoms with Crippen molar-refractivity contribution in [3.05, 3.63) is 58.0 Å². The summed E-state index contributed by atoms with van der Waals surface area (Å²) in [6.07, 6.45) is 0. The molecule has 1 N–H and O–H groups in total. The number of halogens is 2. The molecule has 0 amide bonds. The number of hydrogen-bond donors (Lipinski definition) is 1. The molecule has 0 aliphatic carbocycles. The van der Waals surface area contributed by atoms with Gasteiger partial charge in [-0.3, -0.25) is 0 Å². The SMILES string of the molecule is Clc1ccc(Nc2nn3c(-c4ccccc4Br)nnc3s2)cc1. The summed E-state index contributed by atoms with van der Waals surface area (Å²) in [7, 11) is 0. The Morgan fingerprint density at radius 2 is 1.83 bits per heavy atom. The van der Waals surface area contributed by atoms with E-state index in [2.05, 4.69) is 36.5 Å². The normalized spacial score (nSPS) is 11.0. The Bertz CT molecular complexity index is 979. The lowest BCUT2D eigenvalue weighted by Gasteiger charge is -2.02. The average Bonchev–Trinajstić information content (AvgIpc) is 3.10. The predicted molar refractivity (Wildman–Crippen MR) is 96.5 cm³/mol. The van der Waals surface area contributed by atoms with Crippen LogP contribution in [0.4, 0.5) is 10.8 Å². The van der Waals surface area contributed by atoms with E-state index in [9.17, 15) is 0 Å². The topological polar surface area (TPSA) is 55.1 Å². The molecule has 23 heavy (non-hydrogen) atoms. The molecule has 5 nitrogen and oxygen atoms in total. The van der Waals surface area contributed by atoms with Crippen LogP contribution in [0.15, 0.2) is 53.0 Å². The van der Waals surface area contributed by atoms with E-state index in [0.717, 1.165) is 25.8 Å². The van der Waals surface area contributed by atoms with Crippen LogP contribution in [0.3, 0.4) is 0 Å². The summed E-state index contributed by atoms with van der Waals surface area (Å²) in [5, 5.41) is 17.7. The molecule has 0 bridgehead atoms. The lowest BCUT2D eigenvalue weighted by Crippen LogP contribution is -1.94. The fraction of sp³-hybridized carbons (Fsp3) is 0. The number of nitrogens with zero attached hydrogens (tertiary/aromatic N) is 4. The third-order valence-electron chi connectivity index (χ3n) is 3.20. The molecular weight excluding hydrogens is 398 g/mol. The van der Waals surface area contributed by atoms with Gasteiger partial charge in [-0.15, -0.1) is 15.3 Å². The third-order valence-corrected chi connectivity index (χ3v) is 4.96. The second kappa shape index (κ2) is 5.92. The van der Waals surface area contributed by atoms with Crippen LogP contribution in [-0.2, 0) is 0 Å². The fourth-order valence-corrected chi connectivity index (χ4v) is 3.48. The first-order valence-corrected chi connectivity index (χ1v) is 8.69. The van der Waals surface area contributed by atoms with E-state index in [-0.39, 0.29) is 0 Å². The van der Waals surface area contributed by atoms with Crippen molar-refractivity contribution in [2.75, 3.05) is 5.32 Å². The van der Waals surface area contributed by atoms with Gasteiger partial charge >= 0.3 is 0 Å². The molecule has 0 saturated carbocycles. The smallest absolute Gasteiger partial charge is 0.236 e. The van der Waals surface area contributed by atoms with Crippen LogP contribution in [0.25, 0.3) is 16.3 Å². The first-order valence-electron chi connectivity index (χ1n) is 6.70. The second-order valence-electron chi connectivity index (χ2n) is 4.74. The van der Waals surface area contributed by atoms with Crippen LogP contribution in [-0.4, -0.2) is 19.8 Å². The van der Waals surface area contributed by atoms with Gasteiger partial charge in [-0.05, 0) is 36.4 Å². The van der Waals surface area contributed by atoms with Gasteiger partial charge in [0.2, 0.25) is 10.1 Å². The Labute approximate surface area is 149 Å². The van der Waals surface area contributed by atoms with Gasteiger partial charge < -0.3 is 5.32 Å². The second-order valence-corrected chi connectivity index (χ2v) is 6.98. The standard InChI is InChI=1S/C15H9BrClN5S/c16-12-4-2-1-3-11(12)13-19-20-15-22(13)21-14(23-15)18-10-7-5-9(17)6-8-10/h1-8H,(H,18,21). The summed E-state index contributed by atoms with van der Waals surface area (Å²) in [5.74, 6) is 0.702. The number of hydrogen-bond acceptors (Lipinski definition) is 5. The highest BCUT2D eigenvalue weighted by atomic mass is 79.9. The molecule has 8 heteroatoms. The van der Waals surface area contributed by atoms with Gasteiger partial charge in [0.25, 0.3) is 0 Å². The molecule has 4 aromatic rings. The lowest BCUT2D eigenvalue weighted by atomic mass is 10.2. The molecule has 0 spiro atoms. The van der Waals surface area contributed by atoms with E-state index in [1.807, 2.05) is 48.5 Å². The number of fused-ring (bicyclic) bond motifs is 1. The maximum absolute atomic E-state index is 5.90. The van der Waals surface area contributed by atoms with Crippen molar-refractivity contribution in [3.8, 4) is 11.4 Å². The van der Waals surface area contributed by atoms with Crippen LogP contribution in [0, 0.1) is 0 Å². The molecular formula is C15H9BrClN5S. The monoisotopic (exact) mass is 405 g/mol.